The van der Waals surface area contributed by atoms with E-state index in [1.165, 1.54) is 50.5 Å². The van der Waals surface area contributed by atoms with E-state index in [0.717, 1.165) is 36.3 Å². The van der Waals surface area contributed by atoms with E-state index in [9.17, 15) is 0 Å². The van der Waals surface area contributed by atoms with Crippen molar-refractivity contribution in [3.8, 4) is 17.0 Å². The summed E-state index contributed by atoms with van der Waals surface area (Å²) in [5.74, 6) is 0.888. The summed E-state index contributed by atoms with van der Waals surface area (Å²) >= 11 is 6.13. The van der Waals surface area contributed by atoms with Gasteiger partial charge in [-0.1, -0.05) is 58.4 Å². The predicted octanol–water partition coefficient (Wildman–Crippen LogP) is 7.83. The van der Waals surface area contributed by atoms with E-state index < -0.39 is 0 Å². The van der Waals surface area contributed by atoms with Crippen molar-refractivity contribution in [3.05, 3.63) is 48.2 Å². The van der Waals surface area contributed by atoms with Gasteiger partial charge < -0.3 is 4.74 Å². The third-order valence-corrected chi connectivity index (χ3v) is 5.71. The number of alkyl halides is 1. The second-order valence-electron chi connectivity index (χ2n) is 7.59. The van der Waals surface area contributed by atoms with E-state index in [0.29, 0.717) is 6.61 Å². The standard InChI is InChI=1S/C25H36ClNO/c1-3-5-6-7-8-9-10-11-21-12-17-25(27-20-21)22-13-15-24(16-14-22)28-19-18-23(26)4-2/h12-17,20,23H,3-11,18-19H2,1-2H3. The van der Waals surface area contributed by atoms with Crippen molar-refractivity contribution in [3.63, 3.8) is 0 Å². The number of aryl methyl sites for hydroxylation is 1. The number of hydrogen-bond acceptors (Lipinski definition) is 2. The summed E-state index contributed by atoms with van der Waals surface area (Å²) < 4.78 is 5.77. The zero-order chi connectivity index (χ0) is 20.0. The molecule has 2 nitrogen and oxygen atoms in total. The molecule has 0 radical (unpaired) electrons. The predicted molar refractivity (Wildman–Crippen MR) is 121 cm³/mol. The second-order valence-corrected chi connectivity index (χ2v) is 8.21. The maximum absolute atomic E-state index is 6.13. The summed E-state index contributed by atoms with van der Waals surface area (Å²) in [6, 6.07) is 12.5. The molecule has 1 heterocycles. The zero-order valence-electron chi connectivity index (χ0n) is 17.6. The molecule has 0 fully saturated rings. The monoisotopic (exact) mass is 401 g/mol. The number of aromatic nitrogens is 1. The van der Waals surface area contributed by atoms with Gasteiger partial charge in [-0.2, -0.15) is 0 Å². The van der Waals surface area contributed by atoms with Crippen LogP contribution in [0.25, 0.3) is 11.3 Å². The Labute approximate surface area is 176 Å². The number of nitrogens with zero attached hydrogens (tertiary/aromatic N) is 1. The third kappa shape index (κ3) is 8.65. The van der Waals surface area contributed by atoms with Crippen molar-refractivity contribution in [2.75, 3.05) is 6.61 Å². The highest BCUT2D eigenvalue weighted by Gasteiger charge is 2.04. The maximum Gasteiger partial charge on any atom is 0.119 e. The van der Waals surface area contributed by atoms with Crippen LogP contribution in [0, 0.1) is 0 Å². The minimum Gasteiger partial charge on any atom is -0.494 e. The van der Waals surface area contributed by atoms with Gasteiger partial charge in [0.25, 0.3) is 0 Å². The van der Waals surface area contributed by atoms with Crippen molar-refractivity contribution in [2.24, 2.45) is 0 Å². The van der Waals surface area contributed by atoms with E-state index >= 15 is 0 Å². The minimum atomic E-state index is 0.197. The van der Waals surface area contributed by atoms with Crippen LogP contribution >= 0.6 is 11.6 Å². The first-order chi connectivity index (χ1) is 13.7. The summed E-state index contributed by atoms with van der Waals surface area (Å²) in [4.78, 5) is 4.66. The fraction of sp³-hybridized carbons (Fsp3) is 0.560. The number of ether oxygens (including phenoxy) is 1. The Hall–Kier alpha value is -1.54. The van der Waals surface area contributed by atoms with Crippen LogP contribution < -0.4 is 4.74 Å². The van der Waals surface area contributed by atoms with E-state index in [1.807, 2.05) is 18.3 Å². The van der Waals surface area contributed by atoms with Crippen LogP contribution in [-0.2, 0) is 6.42 Å². The van der Waals surface area contributed by atoms with E-state index in [-0.39, 0.29) is 5.38 Å². The molecule has 1 aromatic carbocycles. The Bertz CT molecular complexity index is 639. The molecule has 1 aromatic heterocycles. The molecule has 0 aliphatic rings. The molecular formula is C25H36ClNO. The van der Waals surface area contributed by atoms with Crippen LogP contribution in [0.5, 0.6) is 5.75 Å². The summed E-state index contributed by atoms with van der Waals surface area (Å²) in [6.45, 7) is 5.02. The van der Waals surface area contributed by atoms with Crippen molar-refractivity contribution in [1.29, 1.82) is 0 Å². The Balaban J connectivity index is 1.73. The molecule has 1 unspecified atom stereocenters. The number of pyridine rings is 1. The van der Waals surface area contributed by atoms with Crippen LogP contribution in [0.15, 0.2) is 42.6 Å². The van der Waals surface area contributed by atoms with Crippen LogP contribution in [-0.4, -0.2) is 17.0 Å². The van der Waals surface area contributed by atoms with Gasteiger partial charge in [0.2, 0.25) is 0 Å². The van der Waals surface area contributed by atoms with Gasteiger partial charge in [-0.15, -0.1) is 11.6 Å². The topological polar surface area (TPSA) is 22.1 Å². The van der Waals surface area contributed by atoms with Crippen molar-refractivity contribution >= 4 is 11.6 Å². The summed E-state index contributed by atoms with van der Waals surface area (Å²) in [6.07, 6.45) is 14.5. The number of benzene rings is 1. The lowest BCUT2D eigenvalue weighted by molar-refractivity contribution is 0.307. The first-order valence-electron chi connectivity index (χ1n) is 11.0. The molecule has 0 amide bonds. The van der Waals surface area contributed by atoms with Gasteiger partial charge >= 0.3 is 0 Å². The summed E-state index contributed by atoms with van der Waals surface area (Å²) in [5.41, 5.74) is 3.48. The number of unbranched alkanes of at least 4 members (excludes halogenated alkanes) is 6. The highest BCUT2D eigenvalue weighted by molar-refractivity contribution is 6.20. The molecule has 2 aromatic rings. The average molecular weight is 402 g/mol. The van der Waals surface area contributed by atoms with Crippen LogP contribution in [0.2, 0.25) is 0 Å². The zero-order valence-corrected chi connectivity index (χ0v) is 18.4. The van der Waals surface area contributed by atoms with Gasteiger partial charge in [0.05, 0.1) is 12.3 Å². The molecule has 3 heteroatoms. The third-order valence-electron chi connectivity index (χ3n) is 5.19. The van der Waals surface area contributed by atoms with Crippen molar-refractivity contribution in [1.82, 2.24) is 4.98 Å². The molecule has 0 aliphatic carbocycles. The van der Waals surface area contributed by atoms with E-state index in [4.69, 9.17) is 16.3 Å². The lowest BCUT2D eigenvalue weighted by Gasteiger charge is -2.09. The smallest absolute Gasteiger partial charge is 0.119 e. The molecule has 0 saturated heterocycles. The highest BCUT2D eigenvalue weighted by Crippen LogP contribution is 2.22. The van der Waals surface area contributed by atoms with Crippen LogP contribution in [0.3, 0.4) is 0 Å². The molecular weight excluding hydrogens is 366 g/mol. The lowest BCUT2D eigenvalue weighted by Crippen LogP contribution is -2.05. The quantitative estimate of drug-likeness (QED) is 0.237. The van der Waals surface area contributed by atoms with Crippen LogP contribution in [0.4, 0.5) is 0 Å². The van der Waals surface area contributed by atoms with Gasteiger partial charge in [-0.3, -0.25) is 4.98 Å². The Morgan fingerprint density at radius 3 is 2.25 bits per heavy atom. The molecule has 28 heavy (non-hydrogen) atoms. The largest absolute Gasteiger partial charge is 0.494 e. The normalized spacial score (nSPS) is 12.1. The van der Waals surface area contributed by atoms with Gasteiger partial charge in [0.15, 0.2) is 0 Å². The molecule has 0 saturated carbocycles. The number of halogens is 1. The minimum absolute atomic E-state index is 0.197. The SMILES string of the molecule is CCCCCCCCCc1ccc(-c2ccc(OCCC(Cl)CC)cc2)nc1. The first-order valence-corrected chi connectivity index (χ1v) is 11.5. The molecule has 0 N–H and O–H groups in total. The van der Waals surface area contributed by atoms with Gasteiger partial charge in [-0.25, -0.2) is 0 Å². The first kappa shape index (κ1) is 22.7. The van der Waals surface area contributed by atoms with E-state index in [2.05, 4.69) is 43.1 Å². The summed E-state index contributed by atoms with van der Waals surface area (Å²) in [5, 5.41) is 0.197. The summed E-state index contributed by atoms with van der Waals surface area (Å²) in [7, 11) is 0. The van der Waals surface area contributed by atoms with Crippen LogP contribution in [0.1, 0.15) is 77.2 Å². The van der Waals surface area contributed by atoms with Gasteiger partial charge in [0.1, 0.15) is 5.75 Å². The molecule has 154 valence electrons. The van der Waals surface area contributed by atoms with E-state index in [1.54, 1.807) is 0 Å². The van der Waals surface area contributed by atoms with Gasteiger partial charge in [0, 0.05) is 17.1 Å². The van der Waals surface area contributed by atoms with Gasteiger partial charge in [-0.05, 0) is 61.6 Å². The highest BCUT2D eigenvalue weighted by atomic mass is 35.5. The molecule has 0 spiro atoms. The Morgan fingerprint density at radius 1 is 0.893 bits per heavy atom. The molecule has 1 atom stereocenters. The second kappa shape index (κ2) is 13.6. The Kier molecular flexibility index (Phi) is 11.1. The maximum atomic E-state index is 6.13. The van der Waals surface area contributed by atoms with Crippen molar-refractivity contribution in [2.45, 2.75) is 83.4 Å². The fourth-order valence-electron chi connectivity index (χ4n) is 3.26. The molecule has 0 aliphatic heterocycles. The van der Waals surface area contributed by atoms with Crippen molar-refractivity contribution < 1.29 is 4.74 Å². The average Bonchev–Trinajstić information content (AvgIpc) is 2.74. The number of hydrogen-bond donors (Lipinski definition) is 0. The molecule has 2 rings (SSSR count). The molecule has 0 bridgehead atoms. The lowest BCUT2D eigenvalue weighted by atomic mass is 10.0. The number of rotatable bonds is 14. The Morgan fingerprint density at radius 2 is 1.61 bits per heavy atom. The fourth-order valence-corrected chi connectivity index (χ4v) is 3.35.